The number of amides is 2. The number of carbonyl (C=O) groups is 2. The molecule has 120 valence electrons. The van der Waals surface area contributed by atoms with Crippen molar-refractivity contribution in [2.45, 2.75) is 12.8 Å². The van der Waals surface area contributed by atoms with E-state index in [0.717, 1.165) is 28.9 Å². The summed E-state index contributed by atoms with van der Waals surface area (Å²) >= 11 is 0. The minimum absolute atomic E-state index is 0.0207. The van der Waals surface area contributed by atoms with E-state index in [-0.39, 0.29) is 24.9 Å². The number of benzene rings is 2. The van der Waals surface area contributed by atoms with Crippen LogP contribution in [0, 0.1) is 5.92 Å². The molecule has 5 heteroatoms. The maximum Gasteiger partial charge on any atom is 0.243 e. The molecule has 2 aromatic rings. The van der Waals surface area contributed by atoms with E-state index < -0.39 is 0 Å². The Hall–Kier alpha value is -2.40. The van der Waals surface area contributed by atoms with Crippen molar-refractivity contribution < 1.29 is 9.59 Å². The predicted octanol–water partition coefficient (Wildman–Crippen LogP) is 1.89. The van der Waals surface area contributed by atoms with Crippen LogP contribution in [0.15, 0.2) is 42.5 Å². The molecule has 0 heterocycles. The molecule has 3 rings (SSSR count). The van der Waals surface area contributed by atoms with Crippen molar-refractivity contribution >= 4 is 28.3 Å². The highest BCUT2D eigenvalue weighted by Crippen LogP contribution is 2.27. The topological polar surface area (TPSA) is 70.2 Å². The summed E-state index contributed by atoms with van der Waals surface area (Å²) in [6.07, 6.45) is 2.50. The molecular weight excluding hydrogens is 290 g/mol. The van der Waals surface area contributed by atoms with Gasteiger partial charge in [0.25, 0.3) is 0 Å². The summed E-state index contributed by atoms with van der Waals surface area (Å²) in [5.41, 5.74) is 0.759. The van der Waals surface area contributed by atoms with Gasteiger partial charge >= 0.3 is 0 Å². The number of hydrogen-bond acceptors (Lipinski definition) is 3. The van der Waals surface area contributed by atoms with Crippen molar-refractivity contribution in [2.24, 2.45) is 5.92 Å². The molecule has 1 aliphatic rings. The molecule has 0 bridgehead atoms. The Morgan fingerprint density at radius 3 is 2.57 bits per heavy atom. The van der Waals surface area contributed by atoms with Crippen LogP contribution in [-0.4, -0.2) is 31.4 Å². The van der Waals surface area contributed by atoms with E-state index in [1.807, 2.05) is 42.5 Å². The van der Waals surface area contributed by atoms with Crippen molar-refractivity contribution in [1.29, 1.82) is 0 Å². The lowest BCUT2D eigenvalue weighted by Crippen LogP contribution is -2.39. The van der Waals surface area contributed by atoms with Crippen LogP contribution in [0.3, 0.4) is 0 Å². The van der Waals surface area contributed by atoms with Crippen molar-refractivity contribution in [3.63, 3.8) is 0 Å². The lowest BCUT2D eigenvalue weighted by Gasteiger charge is -2.10. The zero-order valence-electron chi connectivity index (χ0n) is 13.0. The highest BCUT2D eigenvalue weighted by Gasteiger charge is 2.20. The fraction of sp³-hybridized carbons (Fsp3) is 0.333. The van der Waals surface area contributed by atoms with E-state index in [0.29, 0.717) is 0 Å². The summed E-state index contributed by atoms with van der Waals surface area (Å²) in [4.78, 5) is 23.7. The van der Waals surface area contributed by atoms with Crippen LogP contribution in [0.2, 0.25) is 0 Å². The fourth-order valence-corrected chi connectivity index (χ4v) is 2.48. The molecule has 1 saturated carbocycles. The second-order valence-electron chi connectivity index (χ2n) is 5.93. The molecule has 2 amide bonds. The maximum atomic E-state index is 12.0. The molecule has 0 unspecified atom stereocenters. The van der Waals surface area contributed by atoms with Crippen molar-refractivity contribution in [2.75, 3.05) is 25.0 Å². The maximum absolute atomic E-state index is 12.0. The van der Waals surface area contributed by atoms with E-state index in [2.05, 4.69) is 16.0 Å². The third-order valence-corrected chi connectivity index (χ3v) is 3.93. The normalized spacial score (nSPS) is 13.7. The van der Waals surface area contributed by atoms with Gasteiger partial charge in [-0.2, -0.15) is 0 Å². The number of nitrogens with one attached hydrogen (secondary N) is 3. The van der Waals surface area contributed by atoms with Crippen LogP contribution in [0.4, 0.5) is 5.69 Å². The molecule has 1 aliphatic carbocycles. The molecule has 0 atom stereocenters. The monoisotopic (exact) mass is 311 g/mol. The number of carbonyl (C=O) groups excluding carboxylic acids is 2. The highest BCUT2D eigenvalue weighted by molar-refractivity contribution is 6.03. The standard InChI is InChI=1S/C18H21N3O2/c22-17(11-19-10-13-8-9-13)20-12-18(23)21-16-7-3-5-14-4-1-2-6-15(14)16/h1-7,13,19H,8-12H2,(H,20,22)(H,21,23). The van der Waals surface area contributed by atoms with Crippen molar-refractivity contribution in [3.05, 3.63) is 42.5 Å². The minimum Gasteiger partial charge on any atom is -0.346 e. The molecule has 3 N–H and O–H groups in total. The first kappa shape index (κ1) is 15.5. The van der Waals surface area contributed by atoms with Gasteiger partial charge in [0, 0.05) is 11.1 Å². The first-order chi connectivity index (χ1) is 11.2. The average Bonchev–Trinajstić information content (AvgIpc) is 3.38. The Morgan fingerprint density at radius 1 is 0.957 bits per heavy atom. The fourth-order valence-electron chi connectivity index (χ4n) is 2.48. The number of rotatable bonds is 7. The zero-order chi connectivity index (χ0) is 16.1. The Balaban J connectivity index is 1.47. The van der Waals surface area contributed by atoms with Gasteiger partial charge in [0.1, 0.15) is 0 Å². The van der Waals surface area contributed by atoms with Crippen LogP contribution in [-0.2, 0) is 9.59 Å². The minimum atomic E-state index is -0.225. The predicted molar refractivity (Wildman–Crippen MR) is 91.2 cm³/mol. The second-order valence-corrected chi connectivity index (χ2v) is 5.93. The van der Waals surface area contributed by atoms with Crippen LogP contribution in [0.5, 0.6) is 0 Å². The Kier molecular flexibility index (Phi) is 4.88. The van der Waals surface area contributed by atoms with E-state index in [9.17, 15) is 9.59 Å². The summed E-state index contributed by atoms with van der Waals surface area (Å²) < 4.78 is 0. The number of anilines is 1. The highest BCUT2D eigenvalue weighted by atomic mass is 16.2. The second kappa shape index (κ2) is 7.24. The molecule has 1 fully saturated rings. The van der Waals surface area contributed by atoms with Gasteiger partial charge < -0.3 is 16.0 Å². The van der Waals surface area contributed by atoms with E-state index in [4.69, 9.17) is 0 Å². The van der Waals surface area contributed by atoms with Crippen LogP contribution >= 0.6 is 0 Å². The lowest BCUT2D eigenvalue weighted by atomic mass is 10.1. The number of hydrogen-bond donors (Lipinski definition) is 3. The molecular formula is C18H21N3O2. The molecule has 0 aromatic heterocycles. The van der Waals surface area contributed by atoms with Gasteiger partial charge in [-0.15, -0.1) is 0 Å². The molecule has 5 nitrogen and oxygen atoms in total. The van der Waals surface area contributed by atoms with Crippen LogP contribution < -0.4 is 16.0 Å². The molecule has 0 radical (unpaired) electrons. The Morgan fingerprint density at radius 2 is 1.74 bits per heavy atom. The van der Waals surface area contributed by atoms with Gasteiger partial charge in [-0.1, -0.05) is 36.4 Å². The van der Waals surface area contributed by atoms with Gasteiger partial charge in [-0.3, -0.25) is 9.59 Å². The molecule has 23 heavy (non-hydrogen) atoms. The average molecular weight is 311 g/mol. The molecule has 0 spiro atoms. The number of fused-ring (bicyclic) bond motifs is 1. The van der Waals surface area contributed by atoms with E-state index in [1.54, 1.807) is 0 Å². The van der Waals surface area contributed by atoms with Gasteiger partial charge in [0.05, 0.1) is 13.1 Å². The quantitative estimate of drug-likeness (QED) is 0.731. The first-order valence-electron chi connectivity index (χ1n) is 7.97. The summed E-state index contributed by atoms with van der Waals surface area (Å²) in [5.74, 6) is 0.355. The van der Waals surface area contributed by atoms with Crippen molar-refractivity contribution in [3.8, 4) is 0 Å². The van der Waals surface area contributed by atoms with Gasteiger partial charge in [0.2, 0.25) is 11.8 Å². The summed E-state index contributed by atoms with van der Waals surface area (Å²) in [6.45, 7) is 1.13. The SMILES string of the molecule is O=C(CNCC1CC1)NCC(=O)Nc1cccc2ccccc12. The van der Waals surface area contributed by atoms with Crippen LogP contribution in [0.1, 0.15) is 12.8 Å². The lowest BCUT2D eigenvalue weighted by molar-refractivity contribution is -0.123. The smallest absolute Gasteiger partial charge is 0.243 e. The summed E-state index contributed by atoms with van der Waals surface area (Å²) in [5, 5.41) is 10.6. The van der Waals surface area contributed by atoms with E-state index >= 15 is 0 Å². The molecule has 0 saturated heterocycles. The Labute approximate surface area is 135 Å². The molecule has 2 aromatic carbocycles. The third kappa shape index (κ3) is 4.53. The largest absolute Gasteiger partial charge is 0.346 e. The van der Waals surface area contributed by atoms with Crippen LogP contribution in [0.25, 0.3) is 10.8 Å². The van der Waals surface area contributed by atoms with Gasteiger partial charge in [-0.25, -0.2) is 0 Å². The zero-order valence-corrected chi connectivity index (χ0v) is 13.0. The van der Waals surface area contributed by atoms with Gasteiger partial charge in [-0.05, 0) is 36.8 Å². The van der Waals surface area contributed by atoms with Crippen molar-refractivity contribution in [1.82, 2.24) is 10.6 Å². The third-order valence-electron chi connectivity index (χ3n) is 3.93. The van der Waals surface area contributed by atoms with E-state index in [1.165, 1.54) is 12.8 Å². The first-order valence-corrected chi connectivity index (χ1v) is 7.97. The Bertz CT molecular complexity index is 705. The van der Waals surface area contributed by atoms with Gasteiger partial charge in [0.15, 0.2) is 0 Å². The summed E-state index contributed by atoms with van der Waals surface area (Å²) in [6, 6.07) is 13.6. The molecule has 0 aliphatic heterocycles. The summed E-state index contributed by atoms with van der Waals surface area (Å²) in [7, 11) is 0.